The second-order valence-corrected chi connectivity index (χ2v) is 5.25. The van der Waals surface area contributed by atoms with Crippen LogP contribution in [-0.4, -0.2) is 32.3 Å². The second kappa shape index (κ2) is 10.8. The van der Waals surface area contributed by atoms with E-state index in [0.717, 1.165) is 45.1 Å². The van der Waals surface area contributed by atoms with Gasteiger partial charge in [-0.15, -0.1) is 24.0 Å². The van der Waals surface area contributed by atoms with Crippen LogP contribution in [0.2, 0.25) is 0 Å². The molecule has 0 aromatic rings. The first-order valence-electron chi connectivity index (χ1n) is 6.80. The summed E-state index contributed by atoms with van der Waals surface area (Å²) in [7, 11) is 0. The maximum Gasteiger partial charge on any atom is 0.188 e. The minimum atomic E-state index is 0. The molecular weight excluding hydrogens is 341 g/mol. The molecule has 1 rings (SSSR count). The molecule has 0 saturated heterocycles. The number of rotatable bonds is 9. The van der Waals surface area contributed by atoms with Gasteiger partial charge in [0.05, 0.1) is 0 Å². The molecule has 0 bridgehead atoms. The molecule has 0 aromatic heterocycles. The Hall–Kier alpha value is -0.0400. The first-order valence-corrected chi connectivity index (χ1v) is 6.80. The number of guanidine groups is 1. The zero-order valence-electron chi connectivity index (χ0n) is 11.7. The van der Waals surface area contributed by atoms with E-state index in [1.807, 2.05) is 0 Å². The number of ether oxygens (including phenoxy) is 1. The Kier molecular flexibility index (Phi) is 10.8. The molecule has 18 heavy (non-hydrogen) atoms. The van der Waals surface area contributed by atoms with E-state index >= 15 is 0 Å². The Bertz CT molecular complexity index is 230. The maximum atomic E-state index is 5.73. The van der Waals surface area contributed by atoms with Gasteiger partial charge >= 0.3 is 0 Å². The zero-order valence-corrected chi connectivity index (χ0v) is 14.0. The number of aliphatic imine (C=N–C) groups is 1. The summed E-state index contributed by atoms with van der Waals surface area (Å²) in [4.78, 5) is 4.26. The van der Waals surface area contributed by atoms with Crippen LogP contribution in [0, 0.1) is 11.8 Å². The molecule has 1 aliphatic carbocycles. The predicted octanol–water partition coefficient (Wildman–Crippen LogP) is 2.37. The van der Waals surface area contributed by atoms with Crippen LogP contribution in [0.3, 0.4) is 0 Å². The molecule has 108 valence electrons. The van der Waals surface area contributed by atoms with E-state index in [1.54, 1.807) is 0 Å². The van der Waals surface area contributed by atoms with Crippen molar-refractivity contribution in [1.82, 2.24) is 5.32 Å². The monoisotopic (exact) mass is 369 g/mol. The van der Waals surface area contributed by atoms with Crippen LogP contribution < -0.4 is 11.1 Å². The summed E-state index contributed by atoms with van der Waals surface area (Å²) >= 11 is 0. The van der Waals surface area contributed by atoms with Gasteiger partial charge in [0.15, 0.2) is 5.96 Å². The van der Waals surface area contributed by atoms with E-state index in [4.69, 9.17) is 10.5 Å². The van der Waals surface area contributed by atoms with E-state index < -0.39 is 0 Å². The van der Waals surface area contributed by atoms with Gasteiger partial charge in [0.25, 0.3) is 0 Å². The van der Waals surface area contributed by atoms with Crippen LogP contribution in [0.5, 0.6) is 0 Å². The summed E-state index contributed by atoms with van der Waals surface area (Å²) in [5.41, 5.74) is 5.73. The molecular formula is C13H28IN3O. The Labute approximate surface area is 128 Å². The highest BCUT2D eigenvalue weighted by Gasteiger charge is 2.20. The molecule has 3 N–H and O–H groups in total. The van der Waals surface area contributed by atoms with E-state index in [2.05, 4.69) is 24.2 Å². The van der Waals surface area contributed by atoms with Crippen molar-refractivity contribution in [2.45, 2.75) is 39.5 Å². The van der Waals surface area contributed by atoms with Gasteiger partial charge in [-0.2, -0.15) is 0 Å². The van der Waals surface area contributed by atoms with Gasteiger partial charge in [-0.1, -0.05) is 13.8 Å². The van der Waals surface area contributed by atoms with Crippen LogP contribution in [-0.2, 0) is 4.74 Å². The highest BCUT2D eigenvalue weighted by Crippen LogP contribution is 2.28. The third-order valence-electron chi connectivity index (χ3n) is 2.81. The average Bonchev–Trinajstić information content (AvgIpc) is 3.06. The van der Waals surface area contributed by atoms with Gasteiger partial charge in [-0.25, -0.2) is 0 Å². The standard InChI is InChI=1S/C13H27N3O.HI/c1-11(2)6-8-16-13(14)15-7-3-9-17-10-12-4-5-12;/h11-12H,3-10H2,1-2H3,(H3,14,15,16);1H. The maximum absolute atomic E-state index is 5.73. The molecule has 1 fully saturated rings. The van der Waals surface area contributed by atoms with Crippen molar-refractivity contribution in [3.05, 3.63) is 0 Å². The minimum Gasteiger partial charge on any atom is -0.381 e. The number of nitrogens with zero attached hydrogens (tertiary/aromatic N) is 1. The van der Waals surface area contributed by atoms with E-state index in [0.29, 0.717) is 11.9 Å². The van der Waals surface area contributed by atoms with Crippen LogP contribution in [0.1, 0.15) is 39.5 Å². The lowest BCUT2D eigenvalue weighted by atomic mass is 10.1. The molecule has 1 aliphatic rings. The van der Waals surface area contributed by atoms with Gasteiger partial charge in [0.2, 0.25) is 0 Å². The summed E-state index contributed by atoms with van der Waals surface area (Å²) in [5, 5.41) is 3.12. The lowest BCUT2D eigenvalue weighted by molar-refractivity contribution is 0.123. The number of nitrogens with one attached hydrogen (secondary N) is 1. The zero-order chi connectivity index (χ0) is 12.5. The molecule has 1 saturated carbocycles. The molecule has 0 heterocycles. The third-order valence-corrected chi connectivity index (χ3v) is 2.81. The number of halogens is 1. The summed E-state index contributed by atoms with van der Waals surface area (Å²) in [5.74, 6) is 2.11. The highest BCUT2D eigenvalue weighted by atomic mass is 127. The largest absolute Gasteiger partial charge is 0.381 e. The number of nitrogens with two attached hydrogens (primary N) is 1. The SMILES string of the molecule is CC(C)CCNC(N)=NCCCOCC1CC1.I. The van der Waals surface area contributed by atoms with Crippen molar-refractivity contribution < 1.29 is 4.74 Å². The average molecular weight is 369 g/mol. The molecule has 0 radical (unpaired) electrons. The molecule has 0 spiro atoms. The number of hydrogen-bond donors (Lipinski definition) is 2. The fourth-order valence-corrected chi connectivity index (χ4v) is 1.45. The van der Waals surface area contributed by atoms with Gasteiger partial charge < -0.3 is 15.8 Å². The van der Waals surface area contributed by atoms with Crippen molar-refractivity contribution in [1.29, 1.82) is 0 Å². The van der Waals surface area contributed by atoms with Crippen LogP contribution >= 0.6 is 24.0 Å². The van der Waals surface area contributed by atoms with Crippen LogP contribution in [0.15, 0.2) is 4.99 Å². The predicted molar refractivity (Wildman–Crippen MR) is 87.5 cm³/mol. The van der Waals surface area contributed by atoms with E-state index in [-0.39, 0.29) is 24.0 Å². The summed E-state index contributed by atoms with van der Waals surface area (Å²) in [6.07, 6.45) is 4.79. The Morgan fingerprint density at radius 3 is 2.78 bits per heavy atom. The molecule has 0 aliphatic heterocycles. The Morgan fingerprint density at radius 1 is 1.44 bits per heavy atom. The highest BCUT2D eigenvalue weighted by molar-refractivity contribution is 14.0. The van der Waals surface area contributed by atoms with Crippen LogP contribution in [0.4, 0.5) is 0 Å². The quantitative estimate of drug-likeness (QED) is 0.284. The first-order chi connectivity index (χ1) is 8.18. The van der Waals surface area contributed by atoms with Gasteiger partial charge in [0.1, 0.15) is 0 Å². The summed E-state index contributed by atoms with van der Waals surface area (Å²) in [6, 6.07) is 0. The molecule has 0 unspecified atom stereocenters. The first kappa shape index (κ1) is 18.0. The van der Waals surface area contributed by atoms with Gasteiger partial charge in [0, 0.05) is 26.3 Å². The third kappa shape index (κ3) is 11.1. The van der Waals surface area contributed by atoms with Crippen molar-refractivity contribution in [3.63, 3.8) is 0 Å². The fourth-order valence-electron chi connectivity index (χ4n) is 1.45. The second-order valence-electron chi connectivity index (χ2n) is 5.25. The molecule has 0 atom stereocenters. The fraction of sp³-hybridized carbons (Fsp3) is 0.923. The van der Waals surface area contributed by atoms with Gasteiger partial charge in [-0.3, -0.25) is 4.99 Å². The smallest absolute Gasteiger partial charge is 0.188 e. The summed E-state index contributed by atoms with van der Waals surface area (Å²) < 4.78 is 5.52. The molecule has 5 heteroatoms. The van der Waals surface area contributed by atoms with Crippen LogP contribution in [0.25, 0.3) is 0 Å². The Balaban J connectivity index is 0.00000289. The van der Waals surface area contributed by atoms with Crippen molar-refractivity contribution >= 4 is 29.9 Å². The topological polar surface area (TPSA) is 59.6 Å². The summed E-state index contributed by atoms with van der Waals surface area (Å²) in [6.45, 7) is 7.81. The molecule has 4 nitrogen and oxygen atoms in total. The molecule has 0 aromatic carbocycles. The normalized spacial score (nSPS) is 15.6. The van der Waals surface area contributed by atoms with Gasteiger partial charge in [-0.05, 0) is 37.5 Å². The molecule has 0 amide bonds. The van der Waals surface area contributed by atoms with Crippen molar-refractivity contribution in [2.24, 2.45) is 22.6 Å². The van der Waals surface area contributed by atoms with E-state index in [9.17, 15) is 0 Å². The Morgan fingerprint density at radius 2 is 2.17 bits per heavy atom. The van der Waals surface area contributed by atoms with Crippen molar-refractivity contribution in [3.8, 4) is 0 Å². The van der Waals surface area contributed by atoms with E-state index in [1.165, 1.54) is 12.8 Å². The number of hydrogen-bond acceptors (Lipinski definition) is 2. The minimum absolute atomic E-state index is 0. The lowest BCUT2D eigenvalue weighted by Gasteiger charge is -2.07. The van der Waals surface area contributed by atoms with Crippen molar-refractivity contribution in [2.75, 3.05) is 26.3 Å². The lowest BCUT2D eigenvalue weighted by Crippen LogP contribution is -2.33.